The molecule has 0 aliphatic rings. The zero-order valence-electron chi connectivity index (χ0n) is 17.5. The van der Waals surface area contributed by atoms with Crippen LogP contribution in [-0.2, 0) is 10.0 Å². The average molecular weight is 420 g/mol. The number of nitrogens with one attached hydrogen (secondary N) is 3. The molecule has 0 bridgehead atoms. The molecule has 7 nitrogen and oxygen atoms in total. The molecule has 2 rings (SSSR count). The predicted molar refractivity (Wildman–Crippen MR) is 114 cm³/mol. The molecule has 0 heterocycles. The molecule has 0 aliphatic heterocycles. The molecule has 0 fully saturated rings. The first-order valence-electron chi connectivity index (χ1n) is 9.40. The SMILES string of the molecule is COc1ccc(C)cc1C(C)NC(=O)NCCNS(=O)(=O)c1cc(C)ccc1C. The van der Waals surface area contributed by atoms with Crippen molar-refractivity contribution in [3.05, 3.63) is 58.7 Å². The summed E-state index contributed by atoms with van der Waals surface area (Å²) in [5.41, 5.74) is 3.48. The number of carbonyl (C=O) groups is 1. The van der Waals surface area contributed by atoms with Crippen LogP contribution in [0.1, 0.15) is 35.2 Å². The van der Waals surface area contributed by atoms with Crippen molar-refractivity contribution in [2.45, 2.75) is 38.6 Å². The van der Waals surface area contributed by atoms with Crippen LogP contribution >= 0.6 is 0 Å². The van der Waals surface area contributed by atoms with Crippen LogP contribution in [0, 0.1) is 20.8 Å². The molecule has 0 spiro atoms. The van der Waals surface area contributed by atoms with E-state index in [0.29, 0.717) is 11.3 Å². The van der Waals surface area contributed by atoms with E-state index in [9.17, 15) is 13.2 Å². The Morgan fingerprint density at radius 1 is 1.03 bits per heavy atom. The van der Waals surface area contributed by atoms with Crippen molar-refractivity contribution in [1.29, 1.82) is 0 Å². The second-order valence-corrected chi connectivity index (χ2v) is 8.77. The number of rotatable bonds is 8. The lowest BCUT2D eigenvalue weighted by Crippen LogP contribution is -2.41. The maximum atomic E-state index is 12.5. The van der Waals surface area contributed by atoms with Crippen LogP contribution in [0.3, 0.4) is 0 Å². The minimum Gasteiger partial charge on any atom is -0.496 e. The van der Waals surface area contributed by atoms with Gasteiger partial charge in [-0.05, 0) is 51.0 Å². The topological polar surface area (TPSA) is 96.5 Å². The monoisotopic (exact) mass is 419 g/mol. The van der Waals surface area contributed by atoms with Gasteiger partial charge in [0, 0.05) is 18.7 Å². The largest absolute Gasteiger partial charge is 0.496 e. The lowest BCUT2D eigenvalue weighted by Gasteiger charge is -2.18. The summed E-state index contributed by atoms with van der Waals surface area (Å²) < 4.78 is 32.8. The first-order valence-corrected chi connectivity index (χ1v) is 10.9. The number of urea groups is 1. The number of aryl methyl sites for hydroxylation is 3. The minimum atomic E-state index is -3.63. The van der Waals surface area contributed by atoms with Crippen LogP contribution in [-0.4, -0.2) is 34.6 Å². The molecular formula is C21H29N3O4S. The third-order valence-corrected chi connectivity index (χ3v) is 6.14. The average Bonchev–Trinajstić information content (AvgIpc) is 2.67. The number of hydrogen-bond acceptors (Lipinski definition) is 4. The fourth-order valence-corrected chi connectivity index (χ4v) is 4.31. The molecular weight excluding hydrogens is 390 g/mol. The van der Waals surface area contributed by atoms with E-state index in [2.05, 4.69) is 15.4 Å². The van der Waals surface area contributed by atoms with Crippen molar-refractivity contribution in [2.75, 3.05) is 20.2 Å². The highest BCUT2D eigenvalue weighted by Crippen LogP contribution is 2.25. The van der Waals surface area contributed by atoms with Gasteiger partial charge in [0.15, 0.2) is 0 Å². The van der Waals surface area contributed by atoms with E-state index >= 15 is 0 Å². The summed E-state index contributed by atoms with van der Waals surface area (Å²) in [6.07, 6.45) is 0. The first-order chi connectivity index (χ1) is 13.6. The zero-order valence-corrected chi connectivity index (χ0v) is 18.3. The van der Waals surface area contributed by atoms with E-state index in [0.717, 1.165) is 16.7 Å². The number of carbonyl (C=O) groups excluding carboxylic acids is 1. The fourth-order valence-electron chi connectivity index (χ4n) is 2.95. The minimum absolute atomic E-state index is 0.0886. The van der Waals surface area contributed by atoms with E-state index in [1.165, 1.54) is 0 Å². The number of methoxy groups -OCH3 is 1. The van der Waals surface area contributed by atoms with Crippen molar-refractivity contribution >= 4 is 16.1 Å². The maximum Gasteiger partial charge on any atom is 0.315 e. The molecule has 1 atom stereocenters. The molecule has 2 aromatic rings. The molecule has 1 unspecified atom stereocenters. The second-order valence-electron chi connectivity index (χ2n) is 7.03. The van der Waals surface area contributed by atoms with Gasteiger partial charge in [-0.3, -0.25) is 0 Å². The molecule has 3 N–H and O–H groups in total. The van der Waals surface area contributed by atoms with Gasteiger partial charge in [-0.25, -0.2) is 17.9 Å². The maximum absolute atomic E-state index is 12.5. The molecule has 0 aromatic heterocycles. The van der Waals surface area contributed by atoms with Gasteiger partial charge < -0.3 is 15.4 Å². The molecule has 29 heavy (non-hydrogen) atoms. The van der Waals surface area contributed by atoms with Crippen LogP contribution in [0.25, 0.3) is 0 Å². The van der Waals surface area contributed by atoms with E-state index in [1.54, 1.807) is 26.2 Å². The van der Waals surface area contributed by atoms with Gasteiger partial charge in [-0.2, -0.15) is 0 Å². The van der Waals surface area contributed by atoms with Crippen LogP contribution < -0.4 is 20.1 Å². The summed E-state index contributed by atoms with van der Waals surface area (Å²) in [7, 11) is -2.04. The Kier molecular flexibility index (Phi) is 7.64. The third kappa shape index (κ3) is 6.20. The predicted octanol–water partition coefficient (Wildman–Crippen LogP) is 2.96. The van der Waals surface area contributed by atoms with Crippen molar-refractivity contribution in [1.82, 2.24) is 15.4 Å². The van der Waals surface area contributed by atoms with Crippen molar-refractivity contribution in [3.8, 4) is 5.75 Å². The van der Waals surface area contributed by atoms with Gasteiger partial charge in [0.1, 0.15) is 5.75 Å². The lowest BCUT2D eigenvalue weighted by atomic mass is 10.0. The Labute approximate surface area is 172 Å². The van der Waals surface area contributed by atoms with Crippen LogP contribution in [0.2, 0.25) is 0 Å². The van der Waals surface area contributed by atoms with E-state index in [-0.39, 0.29) is 30.1 Å². The molecule has 2 aromatic carbocycles. The van der Waals surface area contributed by atoms with Gasteiger partial charge in [0.25, 0.3) is 0 Å². The van der Waals surface area contributed by atoms with E-state index in [1.807, 2.05) is 45.0 Å². The highest BCUT2D eigenvalue weighted by molar-refractivity contribution is 7.89. The molecule has 2 amide bonds. The summed E-state index contributed by atoms with van der Waals surface area (Å²) in [6.45, 7) is 7.67. The Balaban J connectivity index is 1.87. The van der Waals surface area contributed by atoms with Gasteiger partial charge in [-0.1, -0.05) is 29.8 Å². The van der Waals surface area contributed by atoms with Crippen molar-refractivity contribution in [3.63, 3.8) is 0 Å². The normalized spacial score (nSPS) is 12.3. The zero-order chi connectivity index (χ0) is 21.6. The summed E-state index contributed by atoms with van der Waals surface area (Å²) >= 11 is 0. The number of hydrogen-bond donors (Lipinski definition) is 3. The highest BCUT2D eigenvalue weighted by Gasteiger charge is 2.17. The van der Waals surface area contributed by atoms with E-state index in [4.69, 9.17) is 4.74 Å². The number of sulfonamides is 1. The molecule has 0 aliphatic carbocycles. The Morgan fingerprint density at radius 3 is 2.38 bits per heavy atom. The quantitative estimate of drug-likeness (QED) is 0.573. The van der Waals surface area contributed by atoms with Crippen molar-refractivity contribution < 1.29 is 17.9 Å². The fraction of sp³-hybridized carbons (Fsp3) is 0.381. The first kappa shape index (κ1) is 22.7. The molecule has 8 heteroatoms. The molecule has 0 radical (unpaired) electrons. The third-order valence-electron chi connectivity index (χ3n) is 4.54. The van der Waals surface area contributed by atoms with E-state index < -0.39 is 10.0 Å². The molecule has 158 valence electrons. The number of benzene rings is 2. The summed E-state index contributed by atoms with van der Waals surface area (Å²) in [6, 6.07) is 10.4. The number of ether oxygens (including phenoxy) is 1. The Hall–Kier alpha value is -2.58. The smallest absolute Gasteiger partial charge is 0.315 e. The van der Waals surface area contributed by atoms with Gasteiger partial charge in [0.05, 0.1) is 18.0 Å². The van der Waals surface area contributed by atoms with Crippen LogP contribution in [0.5, 0.6) is 5.75 Å². The molecule has 0 saturated carbocycles. The van der Waals surface area contributed by atoms with Gasteiger partial charge in [0.2, 0.25) is 10.0 Å². The summed E-state index contributed by atoms with van der Waals surface area (Å²) in [5.74, 6) is 0.699. The summed E-state index contributed by atoms with van der Waals surface area (Å²) in [4.78, 5) is 12.4. The number of amides is 2. The van der Waals surface area contributed by atoms with Crippen molar-refractivity contribution in [2.24, 2.45) is 0 Å². The lowest BCUT2D eigenvalue weighted by molar-refractivity contribution is 0.238. The highest BCUT2D eigenvalue weighted by atomic mass is 32.2. The van der Waals surface area contributed by atoms with Gasteiger partial charge in [-0.15, -0.1) is 0 Å². The Morgan fingerprint density at radius 2 is 1.69 bits per heavy atom. The molecule has 0 saturated heterocycles. The standard InChI is InChI=1S/C21H29N3O4S/c1-14-7-9-19(28-5)18(12-14)17(4)24-21(25)22-10-11-23-29(26,27)20-13-15(2)6-8-16(20)3/h6-9,12-13,17,23H,10-11H2,1-5H3,(H2,22,24,25). The second kappa shape index (κ2) is 9.76. The van der Waals surface area contributed by atoms with Crippen LogP contribution in [0.4, 0.5) is 4.79 Å². The summed E-state index contributed by atoms with van der Waals surface area (Å²) in [5, 5.41) is 5.50. The van der Waals surface area contributed by atoms with Gasteiger partial charge >= 0.3 is 6.03 Å². The Bertz CT molecular complexity index is 974. The van der Waals surface area contributed by atoms with Crippen LogP contribution in [0.15, 0.2) is 41.3 Å².